The summed E-state index contributed by atoms with van der Waals surface area (Å²) >= 11 is 1.27. The SMILES string of the molecule is C=CCOc1ccccc1C=c1sc2nc(-c3ccco3)nn2c1=O. The zero-order valence-electron chi connectivity index (χ0n) is 13.1. The average molecular weight is 351 g/mol. The number of ether oxygens (including phenoxy) is 1. The van der Waals surface area contributed by atoms with E-state index in [0.29, 0.717) is 33.4 Å². The number of fused-ring (bicyclic) bond motifs is 1. The fraction of sp³-hybridized carbons (Fsp3) is 0.0556. The first-order chi connectivity index (χ1) is 12.3. The summed E-state index contributed by atoms with van der Waals surface area (Å²) in [6, 6.07) is 11.0. The van der Waals surface area contributed by atoms with Crippen LogP contribution < -0.4 is 14.8 Å². The molecule has 0 amide bonds. The van der Waals surface area contributed by atoms with Crippen LogP contribution in [0.1, 0.15) is 5.56 Å². The smallest absolute Gasteiger partial charge is 0.291 e. The van der Waals surface area contributed by atoms with Crippen molar-refractivity contribution in [2.75, 3.05) is 6.61 Å². The number of furan rings is 1. The van der Waals surface area contributed by atoms with E-state index in [1.165, 1.54) is 15.9 Å². The number of hydrogen-bond donors (Lipinski definition) is 0. The van der Waals surface area contributed by atoms with Gasteiger partial charge in [-0.05, 0) is 24.3 Å². The molecule has 1 aromatic carbocycles. The first-order valence-electron chi connectivity index (χ1n) is 7.54. The maximum Gasteiger partial charge on any atom is 0.291 e. The maximum absolute atomic E-state index is 12.6. The average Bonchev–Trinajstić information content (AvgIpc) is 3.33. The first kappa shape index (κ1) is 15.3. The molecule has 0 unspecified atom stereocenters. The van der Waals surface area contributed by atoms with Gasteiger partial charge in [0.05, 0.1) is 10.8 Å². The Morgan fingerprint density at radius 2 is 2.16 bits per heavy atom. The largest absolute Gasteiger partial charge is 0.489 e. The molecule has 3 heterocycles. The predicted octanol–water partition coefficient (Wildman–Crippen LogP) is 2.52. The molecule has 0 saturated carbocycles. The molecule has 0 bridgehead atoms. The summed E-state index contributed by atoms with van der Waals surface area (Å²) in [6.07, 6.45) is 5.01. The van der Waals surface area contributed by atoms with E-state index in [1.807, 2.05) is 24.3 Å². The fourth-order valence-electron chi connectivity index (χ4n) is 2.37. The van der Waals surface area contributed by atoms with Crippen LogP contribution >= 0.6 is 11.3 Å². The Kier molecular flexibility index (Phi) is 3.91. The Labute approximate surface area is 146 Å². The van der Waals surface area contributed by atoms with Gasteiger partial charge in [-0.1, -0.05) is 42.2 Å². The van der Waals surface area contributed by atoms with Gasteiger partial charge >= 0.3 is 0 Å². The highest BCUT2D eigenvalue weighted by molar-refractivity contribution is 7.15. The van der Waals surface area contributed by atoms with E-state index in [0.717, 1.165) is 5.56 Å². The first-order valence-corrected chi connectivity index (χ1v) is 8.36. The number of benzene rings is 1. The van der Waals surface area contributed by atoms with Crippen molar-refractivity contribution >= 4 is 22.4 Å². The molecule has 0 radical (unpaired) electrons. The Morgan fingerprint density at radius 3 is 2.92 bits per heavy atom. The molecule has 4 aromatic rings. The molecule has 0 fully saturated rings. The summed E-state index contributed by atoms with van der Waals surface area (Å²) in [4.78, 5) is 17.5. The van der Waals surface area contributed by atoms with E-state index in [-0.39, 0.29) is 5.56 Å². The van der Waals surface area contributed by atoms with Crippen LogP contribution in [-0.2, 0) is 0 Å². The van der Waals surface area contributed by atoms with Gasteiger partial charge in [0.1, 0.15) is 12.4 Å². The molecule has 124 valence electrons. The van der Waals surface area contributed by atoms with Crippen LogP contribution in [0.5, 0.6) is 5.75 Å². The highest BCUT2D eigenvalue weighted by Crippen LogP contribution is 2.19. The second-order valence-electron chi connectivity index (χ2n) is 5.16. The van der Waals surface area contributed by atoms with Crippen molar-refractivity contribution in [1.82, 2.24) is 14.6 Å². The number of para-hydroxylation sites is 1. The molecular weight excluding hydrogens is 338 g/mol. The lowest BCUT2D eigenvalue weighted by Crippen LogP contribution is -2.23. The van der Waals surface area contributed by atoms with Crippen molar-refractivity contribution < 1.29 is 9.15 Å². The summed E-state index contributed by atoms with van der Waals surface area (Å²) < 4.78 is 12.7. The second-order valence-corrected chi connectivity index (χ2v) is 6.17. The zero-order valence-corrected chi connectivity index (χ0v) is 13.9. The van der Waals surface area contributed by atoms with Gasteiger partial charge in [0.15, 0.2) is 5.76 Å². The van der Waals surface area contributed by atoms with Crippen LogP contribution in [-0.4, -0.2) is 21.2 Å². The van der Waals surface area contributed by atoms with Crippen LogP contribution in [0.15, 0.2) is 64.5 Å². The lowest BCUT2D eigenvalue weighted by molar-refractivity contribution is 0.362. The molecular formula is C18H13N3O3S. The van der Waals surface area contributed by atoms with E-state index in [1.54, 1.807) is 30.5 Å². The Balaban J connectivity index is 1.79. The number of aromatic nitrogens is 3. The third-order valence-electron chi connectivity index (χ3n) is 3.49. The summed E-state index contributed by atoms with van der Waals surface area (Å²) in [6.45, 7) is 4.04. The molecule has 4 rings (SSSR count). The Hall–Kier alpha value is -3.19. The van der Waals surface area contributed by atoms with Crippen LogP contribution in [0, 0.1) is 0 Å². The number of nitrogens with zero attached hydrogens (tertiary/aromatic N) is 3. The number of hydrogen-bond acceptors (Lipinski definition) is 6. The molecule has 0 N–H and O–H groups in total. The molecule has 0 aliphatic carbocycles. The van der Waals surface area contributed by atoms with Gasteiger partial charge in [-0.2, -0.15) is 9.50 Å². The van der Waals surface area contributed by atoms with Crippen molar-refractivity contribution in [3.8, 4) is 17.3 Å². The minimum absolute atomic E-state index is 0.219. The topological polar surface area (TPSA) is 69.6 Å². The molecule has 0 saturated heterocycles. The van der Waals surface area contributed by atoms with Crippen LogP contribution in [0.3, 0.4) is 0 Å². The van der Waals surface area contributed by atoms with Gasteiger partial charge in [0.25, 0.3) is 5.56 Å². The molecule has 0 atom stereocenters. The van der Waals surface area contributed by atoms with Crippen molar-refractivity contribution in [1.29, 1.82) is 0 Å². The molecule has 0 spiro atoms. The van der Waals surface area contributed by atoms with Crippen LogP contribution in [0.25, 0.3) is 22.6 Å². The molecule has 0 aliphatic rings. The van der Waals surface area contributed by atoms with Crippen LogP contribution in [0.4, 0.5) is 0 Å². The van der Waals surface area contributed by atoms with Gasteiger partial charge in [-0.3, -0.25) is 4.79 Å². The third-order valence-corrected chi connectivity index (χ3v) is 4.44. The van der Waals surface area contributed by atoms with E-state index in [4.69, 9.17) is 9.15 Å². The molecule has 25 heavy (non-hydrogen) atoms. The summed E-state index contributed by atoms with van der Waals surface area (Å²) in [5.41, 5.74) is 0.598. The molecule has 7 heteroatoms. The van der Waals surface area contributed by atoms with Crippen molar-refractivity contribution in [3.63, 3.8) is 0 Å². The Morgan fingerprint density at radius 1 is 1.28 bits per heavy atom. The van der Waals surface area contributed by atoms with E-state index >= 15 is 0 Å². The summed E-state index contributed by atoms with van der Waals surface area (Å²) in [7, 11) is 0. The summed E-state index contributed by atoms with van der Waals surface area (Å²) in [5.74, 6) is 1.62. The van der Waals surface area contributed by atoms with Gasteiger partial charge < -0.3 is 9.15 Å². The van der Waals surface area contributed by atoms with Crippen molar-refractivity contribution in [3.05, 3.63) is 75.8 Å². The fourth-order valence-corrected chi connectivity index (χ4v) is 3.26. The molecule has 6 nitrogen and oxygen atoms in total. The highest BCUT2D eigenvalue weighted by atomic mass is 32.1. The van der Waals surface area contributed by atoms with Gasteiger partial charge in [-0.25, -0.2) is 0 Å². The summed E-state index contributed by atoms with van der Waals surface area (Å²) in [5, 5.41) is 4.23. The standard InChI is InChI=1S/C18H13N3O3S/c1-2-9-23-13-7-4-3-6-12(13)11-15-17(22)21-18(25-15)19-16(20-21)14-8-5-10-24-14/h2-8,10-11H,1,9H2. The predicted molar refractivity (Wildman–Crippen MR) is 95.8 cm³/mol. The molecule has 0 aliphatic heterocycles. The highest BCUT2D eigenvalue weighted by Gasteiger charge is 2.13. The van der Waals surface area contributed by atoms with Crippen LogP contribution in [0.2, 0.25) is 0 Å². The second kappa shape index (κ2) is 6.37. The van der Waals surface area contributed by atoms with E-state index in [2.05, 4.69) is 16.7 Å². The number of thiazole rings is 1. The van der Waals surface area contributed by atoms with Gasteiger partial charge in [0.2, 0.25) is 10.8 Å². The molecule has 3 aromatic heterocycles. The maximum atomic E-state index is 12.6. The lowest BCUT2D eigenvalue weighted by Gasteiger charge is -2.05. The minimum Gasteiger partial charge on any atom is -0.489 e. The van der Waals surface area contributed by atoms with E-state index in [9.17, 15) is 4.79 Å². The third kappa shape index (κ3) is 2.85. The quantitative estimate of drug-likeness (QED) is 0.517. The van der Waals surface area contributed by atoms with Crippen molar-refractivity contribution in [2.24, 2.45) is 0 Å². The van der Waals surface area contributed by atoms with Gasteiger partial charge in [0, 0.05) is 5.56 Å². The van der Waals surface area contributed by atoms with Crippen molar-refractivity contribution in [2.45, 2.75) is 0 Å². The number of rotatable bonds is 5. The van der Waals surface area contributed by atoms with Gasteiger partial charge in [-0.15, -0.1) is 5.10 Å². The lowest BCUT2D eigenvalue weighted by atomic mass is 10.2. The minimum atomic E-state index is -0.219. The Bertz CT molecular complexity index is 1140. The normalized spacial score (nSPS) is 11.9. The monoisotopic (exact) mass is 351 g/mol. The van der Waals surface area contributed by atoms with E-state index < -0.39 is 0 Å². The zero-order chi connectivity index (χ0) is 17.2.